The van der Waals surface area contributed by atoms with Crippen LogP contribution in [0.4, 0.5) is 34.1 Å². The number of nitrogens with zero attached hydrogens (tertiary/aromatic N) is 1. The number of hydrogen-bond acceptors (Lipinski definition) is 7. The summed E-state index contributed by atoms with van der Waals surface area (Å²) in [6.07, 6.45) is 24.2. The summed E-state index contributed by atoms with van der Waals surface area (Å²) >= 11 is 0. The maximum Gasteiger partial charge on any atom is 2.00 e. The second-order valence-corrected chi connectivity index (χ2v) is 22.9. The van der Waals surface area contributed by atoms with Crippen molar-refractivity contribution < 1.29 is 37.8 Å². The second-order valence-electron chi connectivity index (χ2n) is 22.9. The van der Waals surface area contributed by atoms with Crippen molar-refractivity contribution in [1.29, 1.82) is 0 Å². The van der Waals surface area contributed by atoms with Crippen molar-refractivity contribution in [2.24, 2.45) is 46.3 Å². The molecule has 1 atom stereocenters. The SMILES string of the molecule is C1CCC(COOCCC23CC4CC(CC(C4)C2)C3)OC1.[Br-].[H-].[Mg+2].c1ccc(N(OCCC23CC4CC(CC(C4)C2)C3)c2ccccc2)cc1.c1ccc(Nc2ccccc2)cc1.c1ccc(Nc2ccccc2)cc1. The number of anilines is 6. The molecule has 8 saturated carbocycles. The van der Waals surface area contributed by atoms with E-state index >= 15 is 0 Å². The Hall–Kier alpha value is -4.19. The minimum atomic E-state index is 0. The summed E-state index contributed by atoms with van der Waals surface area (Å²) in [7, 11) is 0. The smallest absolute Gasteiger partial charge is 1.00 e. The van der Waals surface area contributed by atoms with Gasteiger partial charge >= 0.3 is 23.1 Å². The number of halogens is 1. The van der Waals surface area contributed by atoms with E-state index in [1.165, 1.54) is 103 Å². The van der Waals surface area contributed by atoms with Gasteiger partial charge in [-0.2, -0.15) is 0 Å². The quantitative estimate of drug-likeness (QED) is 0.0433. The van der Waals surface area contributed by atoms with Crippen LogP contribution in [0.2, 0.25) is 0 Å². The molecule has 8 aliphatic carbocycles. The third-order valence-electron chi connectivity index (χ3n) is 17.2. The first kappa shape index (κ1) is 57.0. The number of hydrogen-bond donors (Lipinski definition) is 2. The topological polar surface area (TPSA) is 64.2 Å². The van der Waals surface area contributed by atoms with Crippen molar-refractivity contribution >= 4 is 57.2 Å². The molecule has 0 radical (unpaired) electrons. The number of benzene rings is 6. The first-order valence-corrected chi connectivity index (χ1v) is 28.1. The Kier molecular flexibility index (Phi) is 22.0. The van der Waals surface area contributed by atoms with Crippen molar-refractivity contribution in [3.05, 3.63) is 182 Å². The molecule has 9 fully saturated rings. The van der Waals surface area contributed by atoms with Gasteiger partial charge in [-0.25, -0.2) is 14.8 Å². The van der Waals surface area contributed by atoms with Gasteiger partial charge in [0.15, 0.2) is 0 Å². The third kappa shape index (κ3) is 16.9. The van der Waals surface area contributed by atoms with Crippen molar-refractivity contribution in [2.75, 3.05) is 42.1 Å². The van der Waals surface area contributed by atoms with Crippen LogP contribution in [-0.2, 0) is 19.3 Å². The van der Waals surface area contributed by atoms with Crippen LogP contribution in [0, 0.1) is 46.3 Å². The van der Waals surface area contributed by atoms with Gasteiger partial charge in [-0.15, -0.1) is 0 Å². The van der Waals surface area contributed by atoms with Crippen molar-refractivity contribution in [3.63, 3.8) is 0 Å². The summed E-state index contributed by atoms with van der Waals surface area (Å²) < 4.78 is 5.65. The molecule has 0 amide bonds. The molecule has 0 aromatic heterocycles. The van der Waals surface area contributed by atoms with Gasteiger partial charge < -0.3 is 33.8 Å². The van der Waals surface area contributed by atoms with Crippen LogP contribution in [0.25, 0.3) is 0 Å². The summed E-state index contributed by atoms with van der Waals surface area (Å²) in [5.74, 6) is 6.15. The zero-order chi connectivity index (χ0) is 49.4. The Labute approximate surface area is 477 Å². The van der Waals surface area contributed by atoms with Gasteiger partial charge in [0.2, 0.25) is 0 Å². The first-order chi connectivity index (χ1) is 36.0. The van der Waals surface area contributed by atoms with Gasteiger partial charge in [-0.05, 0) is 228 Å². The van der Waals surface area contributed by atoms with E-state index in [1.807, 2.05) is 126 Å². The average Bonchev–Trinajstić information content (AvgIpc) is 3.46. The molecule has 394 valence electrons. The fourth-order valence-electron chi connectivity index (χ4n) is 14.8. The Balaban J connectivity index is 0.000000152. The molecular weight excluding hydrogens is 1000 g/mol. The Bertz CT molecular complexity index is 2230. The van der Waals surface area contributed by atoms with E-state index < -0.39 is 0 Å². The minimum absolute atomic E-state index is 0. The van der Waals surface area contributed by atoms with E-state index in [0.29, 0.717) is 17.4 Å². The second kappa shape index (κ2) is 29.0. The molecule has 1 heterocycles. The third-order valence-corrected chi connectivity index (χ3v) is 17.2. The van der Waals surface area contributed by atoms with Crippen molar-refractivity contribution in [1.82, 2.24) is 0 Å². The maximum absolute atomic E-state index is 6.39. The summed E-state index contributed by atoms with van der Waals surface area (Å²) in [4.78, 5) is 17.3. The van der Waals surface area contributed by atoms with E-state index in [9.17, 15) is 0 Å². The number of para-hydroxylation sites is 6. The van der Waals surface area contributed by atoms with E-state index in [2.05, 4.69) is 71.3 Å². The van der Waals surface area contributed by atoms with Crippen LogP contribution >= 0.6 is 0 Å². The summed E-state index contributed by atoms with van der Waals surface area (Å²) in [5.41, 5.74) is 7.87. The van der Waals surface area contributed by atoms with Gasteiger partial charge in [0, 0.05) is 29.4 Å². The van der Waals surface area contributed by atoms with Crippen LogP contribution in [0.3, 0.4) is 0 Å². The van der Waals surface area contributed by atoms with Crippen molar-refractivity contribution in [2.45, 2.75) is 115 Å². The number of ether oxygens (including phenoxy) is 1. The molecule has 8 bridgehead atoms. The van der Waals surface area contributed by atoms with Crippen LogP contribution in [0.5, 0.6) is 0 Å². The van der Waals surface area contributed by atoms with Crippen LogP contribution < -0.4 is 32.7 Å². The Morgan fingerprint density at radius 3 is 1.11 bits per heavy atom. The molecule has 1 saturated heterocycles. The van der Waals surface area contributed by atoms with Gasteiger partial charge in [0.25, 0.3) is 0 Å². The Morgan fingerprint density at radius 1 is 0.440 bits per heavy atom. The number of nitrogens with one attached hydrogen (secondary N) is 2. The molecule has 6 aromatic rings. The molecule has 9 aliphatic rings. The number of rotatable bonds is 16. The normalized spacial score (nSPS) is 27.0. The largest absolute Gasteiger partial charge is 2.00 e. The molecule has 15 rings (SSSR count). The zero-order valence-corrected chi connectivity index (χ0v) is 47.4. The zero-order valence-electron chi connectivity index (χ0n) is 45.4. The van der Waals surface area contributed by atoms with Crippen LogP contribution in [-0.4, -0.2) is 55.6 Å². The van der Waals surface area contributed by atoms with Crippen molar-refractivity contribution in [3.8, 4) is 0 Å². The molecule has 9 heteroatoms. The summed E-state index contributed by atoms with van der Waals surface area (Å²) in [6, 6.07) is 61.5. The van der Waals surface area contributed by atoms with E-state index in [0.717, 1.165) is 95.9 Å². The fraction of sp³-hybridized carbons (Fsp3) is 0.455. The monoisotopic (exact) mass is 1080 g/mol. The Morgan fingerprint density at radius 2 is 0.773 bits per heavy atom. The predicted molar refractivity (Wildman–Crippen MR) is 306 cm³/mol. The summed E-state index contributed by atoms with van der Waals surface area (Å²) in [5, 5.41) is 8.62. The van der Waals surface area contributed by atoms with E-state index in [1.54, 1.807) is 0 Å². The van der Waals surface area contributed by atoms with Gasteiger partial charge in [0.05, 0.1) is 30.7 Å². The molecule has 75 heavy (non-hydrogen) atoms. The van der Waals surface area contributed by atoms with Gasteiger partial charge in [0.1, 0.15) is 6.61 Å². The molecular formula is C66H82BrMgN3O4. The minimum Gasteiger partial charge on any atom is -1.00 e. The average molecular weight is 1090 g/mol. The molecule has 1 aliphatic heterocycles. The molecule has 6 aromatic carbocycles. The van der Waals surface area contributed by atoms with E-state index in [4.69, 9.17) is 19.3 Å². The first-order valence-electron chi connectivity index (χ1n) is 28.1. The van der Waals surface area contributed by atoms with Crippen LogP contribution in [0.1, 0.15) is 111 Å². The maximum atomic E-state index is 6.39. The molecule has 1 unspecified atom stereocenters. The predicted octanol–water partition coefficient (Wildman–Crippen LogP) is 14.1. The molecule has 0 spiro atoms. The standard InChI is InChI=1S/C24H29NO.C18H30O3.2C12H11N.BrH.Mg.H/c1-3-7-22(8-4-1)25(23-9-5-2-6-10-23)26-12-11-24-16-19-13-20(17-24)15-21(14-19)18-24;1-2-5-19-17(3-1)13-21-20-6-4-18-10-14-7-15(11-18)9-16(8-14)12-18;2*1-3-7-11(8-4-1)13-12-9-5-2-6-10-12;;;/h1-10,19-21H,11-18H2;14-17H,1-13H2;2*1-10,13H;1H;;/q;;;;;+2;-1/p-1. The van der Waals surface area contributed by atoms with E-state index in [-0.39, 0.29) is 47.6 Å². The molecule has 7 nitrogen and oxygen atoms in total. The fourth-order valence-corrected chi connectivity index (χ4v) is 14.8. The molecule has 2 N–H and O–H groups in total. The van der Waals surface area contributed by atoms with Gasteiger partial charge in [-0.1, -0.05) is 109 Å². The summed E-state index contributed by atoms with van der Waals surface area (Å²) in [6.45, 7) is 3.09. The van der Waals surface area contributed by atoms with Crippen LogP contribution in [0.15, 0.2) is 182 Å². The van der Waals surface area contributed by atoms with Gasteiger partial charge in [-0.3, -0.25) is 4.84 Å².